The number of nitrogens with zero attached hydrogens (tertiary/aromatic N) is 2. The molecule has 7 nitrogen and oxygen atoms in total. The molecule has 0 aliphatic rings. The Morgan fingerprint density at radius 1 is 1.14 bits per heavy atom. The summed E-state index contributed by atoms with van der Waals surface area (Å²) < 4.78 is 28.9. The molecule has 1 heterocycles. The smallest absolute Gasteiger partial charge is 0.261 e. The van der Waals surface area contributed by atoms with Crippen molar-refractivity contribution in [1.29, 1.82) is 0 Å². The van der Waals surface area contributed by atoms with Crippen LogP contribution in [-0.4, -0.2) is 29.3 Å². The van der Waals surface area contributed by atoms with Crippen LogP contribution in [0.4, 0.5) is 4.39 Å². The van der Waals surface area contributed by atoms with Crippen LogP contribution in [0.3, 0.4) is 0 Å². The van der Waals surface area contributed by atoms with Crippen LogP contribution >= 0.6 is 0 Å². The second kappa shape index (κ2) is 8.98. The van der Waals surface area contributed by atoms with E-state index in [2.05, 4.69) is 15.5 Å². The first-order valence-corrected chi connectivity index (χ1v) is 8.76. The zero-order valence-electron chi connectivity index (χ0n) is 15.5. The van der Waals surface area contributed by atoms with Gasteiger partial charge in [0.15, 0.2) is 6.10 Å². The molecule has 2 aromatic carbocycles. The lowest BCUT2D eigenvalue weighted by molar-refractivity contribution is -0.128. The van der Waals surface area contributed by atoms with Gasteiger partial charge in [-0.05, 0) is 55.0 Å². The topological polar surface area (TPSA) is 86.5 Å². The Kier molecular flexibility index (Phi) is 6.21. The predicted molar refractivity (Wildman–Crippen MR) is 99.2 cm³/mol. The van der Waals surface area contributed by atoms with E-state index in [0.29, 0.717) is 18.0 Å². The Labute approximate surface area is 161 Å². The molecule has 3 aromatic rings. The fourth-order valence-electron chi connectivity index (χ4n) is 2.46. The number of hydrogen-bond acceptors (Lipinski definition) is 6. The molecule has 1 aromatic heterocycles. The summed E-state index contributed by atoms with van der Waals surface area (Å²) in [5, 5.41) is 6.63. The zero-order chi connectivity index (χ0) is 19.9. The summed E-state index contributed by atoms with van der Waals surface area (Å²) >= 11 is 0. The summed E-state index contributed by atoms with van der Waals surface area (Å²) in [7, 11) is 1.59. The van der Waals surface area contributed by atoms with Gasteiger partial charge in [0.2, 0.25) is 11.7 Å². The molecule has 0 unspecified atom stereocenters. The molecule has 0 bridgehead atoms. The lowest BCUT2D eigenvalue weighted by Gasteiger charge is -2.16. The number of methoxy groups -OCH3 is 1. The van der Waals surface area contributed by atoms with Crippen molar-refractivity contribution in [3.63, 3.8) is 0 Å². The number of hydrogen-bond donors (Lipinski definition) is 1. The highest BCUT2D eigenvalue weighted by Crippen LogP contribution is 2.20. The summed E-state index contributed by atoms with van der Waals surface area (Å²) in [6.07, 6.45) is -0.265. The van der Waals surface area contributed by atoms with Gasteiger partial charge in [0.05, 0.1) is 13.7 Å². The monoisotopic (exact) mass is 385 g/mol. The van der Waals surface area contributed by atoms with Crippen molar-refractivity contribution in [3.05, 3.63) is 60.2 Å². The maximum Gasteiger partial charge on any atom is 0.261 e. The Bertz CT molecular complexity index is 910. The Morgan fingerprint density at radius 2 is 1.82 bits per heavy atom. The van der Waals surface area contributed by atoms with Gasteiger partial charge in [-0.2, -0.15) is 4.98 Å². The first kappa shape index (κ1) is 19.3. The molecule has 146 valence electrons. The maximum absolute atomic E-state index is 13.0. The summed E-state index contributed by atoms with van der Waals surface area (Å²) in [6.45, 7) is 1.90. The van der Waals surface area contributed by atoms with Crippen molar-refractivity contribution >= 4 is 5.91 Å². The number of carbonyl (C=O) groups is 1. The molecule has 0 saturated heterocycles. The van der Waals surface area contributed by atoms with E-state index in [9.17, 15) is 9.18 Å². The second-order valence-electron chi connectivity index (χ2n) is 5.93. The van der Waals surface area contributed by atoms with Gasteiger partial charge in [0, 0.05) is 5.56 Å². The van der Waals surface area contributed by atoms with E-state index >= 15 is 0 Å². The molecule has 0 saturated carbocycles. The molecule has 28 heavy (non-hydrogen) atoms. The number of rotatable bonds is 8. The highest BCUT2D eigenvalue weighted by molar-refractivity contribution is 5.81. The predicted octanol–water partition coefficient (Wildman–Crippen LogP) is 3.36. The van der Waals surface area contributed by atoms with Crippen molar-refractivity contribution in [1.82, 2.24) is 15.5 Å². The molecule has 0 spiro atoms. The number of halogens is 1. The summed E-state index contributed by atoms with van der Waals surface area (Å²) in [4.78, 5) is 16.6. The molecule has 8 heteroatoms. The van der Waals surface area contributed by atoms with Crippen LogP contribution in [0.2, 0.25) is 0 Å². The van der Waals surface area contributed by atoms with Crippen molar-refractivity contribution in [2.24, 2.45) is 0 Å². The van der Waals surface area contributed by atoms with Crippen LogP contribution in [-0.2, 0) is 11.3 Å². The number of ether oxygens (including phenoxy) is 2. The first-order chi connectivity index (χ1) is 13.6. The minimum absolute atomic E-state index is 0.0747. The van der Waals surface area contributed by atoms with Crippen LogP contribution in [0.5, 0.6) is 11.5 Å². The van der Waals surface area contributed by atoms with Crippen LogP contribution in [0.1, 0.15) is 19.2 Å². The van der Waals surface area contributed by atoms with Gasteiger partial charge in [-0.3, -0.25) is 4.79 Å². The SMILES string of the molecule is CC[C@H](Oc1ccc(F)cc1)C(=O)NCc1nc(-c2ccc(OC)cc2)no1. The molecule has 1 amide bonds. The number of aromatic nitrogens is 2. The minimum Gasteiger partial charge on any atom is -0.497 e. The average molecular weight is 385 g/mol. The minimum atomic E-state index is -0.713. The highest BCUT2D eigenvalue weighted by atomic mass is 19.1. The van der Waals surface area contributed by atoms with Gasteiger partial charge in [-0.1, -0.05) is 12.1 Å². The third-order valence-corrected chi connectivity index (χ3v) is 3.99. The fraction of sp³-hybridized carbons (Fsp3) is 0.250. The number of benzene rings is 2. The van der Waals surface area contributed by atoms with Crippen molar-refractivity contribution in [3.8, 4) is 22.9 Å². The average Bonchev–Trinajstić information content (AvgIpc) is 3.20. The molecule has 1 atom stereocenters. The normalized spacial score (nSPS) is 11.7. The van der Waals surface area contributed by atoms with Gasteiger partial charge in [0.25, 0.3) is 5.91 Å². The summed E-state index contributed by atoms with van der Waals surface area (Å²) in [5.41, 5.74) is 0.771. The van der Waals surface area contributed by atoms with Gasteiger partial charge < -0.3 is 19.3 Å². The van der Waals surface area contributed by atoms with Gasteiger partial charge >= 0.3 is 0 Å². The molecule has 0 aliphatic carbocycles. The standard InChI is InChI=1S/C20H20FN3O4/c1-3-17(27-16-10-6-14(21)7-11-16)20(25)22-12-18-23-19(24-28-18)13-4-8-15(26-2)9-5-13/h4-11,17H,3,12H2,1-2H3,(H,22,25)/t17-/m0/s1. The molecule has 0 fully saturated rings. The highest BCUT2D eigenvalue weighted by Gasteiger charge is 2.19. The van der Waals surface area contributed by atoms with E-state index in [-0.39, 0.29) is 24.2 Å². The van der Waals surface area contributed by atoms with Crippen LogP contribution in [0.25, 0.3) is 11.4 Å². The van der Waals surface area contributed by atoms with Crippen LogP contribution < -0.4 is 14.8 Å². The third-order valence-electron chi connectivity index (χ3n) is 3.99. The molecular weight excluding hydrogens is 365 g/mol. The van der Waals surface area contributed by atoms with E-state index in [1.165, 1.54) is 24.3 Å². The molecule has 3 rings (SSSR count). The maximum atomic E-state index is 13.0. The molecule has 0 radical (unpaired) electrons. The quantitative estimate of drug-likeness (QED) is 0.640. The van der Waals surface area contributed by atoms with E-state index < -0.39 is 6.10 Å². The lowest BCUT2D eigenvalue weighted by Crippen LogP contribution is -2.37. The molecule has 0 aliphatic heterocycles. The largest absolute Gasteiger partial charge is 0.497 e. The van der Waals surface area contributed by atoms with Gasteiger partial charge in [-0.25, -0.2) is 4.39 Å². The molecular formula is C20H20FN3O4. The van der Waals surface area contributed by atoms with E-state index in [4.69, 9.17) is 14.0 Å². The van der Waals surface area contributed by atoms with Gasteiger partial charge in [0.1, 0.15) is 17.3 Å². The van der Waals surface area contributed by atoms with Crippen molar-refractivity contribution < 1.29 is 23.2 Å². The Balaban J connectivity index is 1.57. The number of nitrogens with one attached hydrogen (secondary N) is 1. The first-order valence-electron chi connectivity index (χ1n) is 8.76. The summed E-state index contributed by atoms with van der Waals surface area (Å²) in [5.74, 6) is 1.15. The third kappa shape index (κ3) is 4.85. The fourth-order valence-corrected chi connectivity index (χ4v) is 2.46. The van der Waals surface area contributed by atoms with Gasteiger partial charge in [-0.15, -0.1) is 0 Å². The zero-order valence-corrected chi connectivity index (χ0v) is 15.5. The van der Waals surface area contributed by atoms with E-state index in [1.807, 2.05) is 19.1 Å². The Morgan fingerprint density at radius 3 is 2.46 bits per heavy atom. The van der Waals surface area contributed by atoms with Crippen molar-refractivity contribution in [2.45, 2.75) is 26.0 Å². The van der Waals surface area contributed by atoms with Crippen LogP contribution in [0.15, 0.2) is 53.1 Å². The van der Waals surface area contributed by atoms with E-state index in [1.54, 1.807) is 19.2 Å². The number of amides is 1. The van der Waals surface area contributed by atoms with Crippen LogP contribution in [0, 0.1) is 5.82 Å². The Hall–Kier alpha value is -3.42. The lowest BCUT2D eigenvalue weighted by atomic mass is 10.2. The summed E-state index contributed by atoms with van der Waals surface area (Å²) in [6, 6.07) is 12.7. The number of carbonyl (C=O) groups excluding carboxylic acids is 1. The molecule has 1 N–H and O–H groups in total. The van der Waals surface area contributed by atoms with Crippen molar-refractivity contribution in [2.75, 3.05) is 7.11 Å². The second-order valence-corrected chi connectivity index (χ2v) is 5.93. The van der Waals surface area contributed by atoms with E-state index in [0.717, 1.165) is 11.3 Å².